The van der Waals surface area contributed by atoms with Gasteiger partial charge in [-0.3, -0.25) is 0 Å². The van der Waals surface area contributed by atoms with E-state index < -0.39 is 0 Å². The van der Waals surface area contributed by atoms with Gasteiger partial charge in [0, 0.05) is 6.61 Å². The second-order valence-electron chi connectivity index (χ2n) is 4.81. The van der Waals surface area contributed by atoms with Crippen LogP contribution in [0.25, 0.3) is 0 Å². The molecule has 13 heavy (non-hydrogen) atoms. The average molecular weight is 202 g/mol. The van der Waals surface area contributed by atoms with Gasteiger partial charge in [-0.15, -0.1) is 0 Å². The molecule has 0 aromatic heterocycles. The zero-order valence-corrected chi connectivity index (χ0v) is 9.78. The van der Waals surface area contributed by atoms with Crippen molar-refractivity contribution in [3.8, 4) is 0 Å². The molecule has 1 aliphatic carbocycles. The number of rotatable bonds is 4. The number of thiol groups is 1. The molecule has 0 amide bonds. The highest BCUT2D eigenvalue weighted by molar-refractivity contribution is 7.80. The zero-order valence-electron chi connectivity index (χ0n) is 8.88. The molecule has 0 atom stereocenters. The first-order chi connectivity index (χ1) is 6.14. The van der Waals surface area contributed by atoms with Crippen LogP contribution in [0.2, 0.25) is 0 Å². The first kappa shape index (κ1) is 11.4. The molecular formula is C11H22OS. The summed E-state index contributed by atoms with van der Waals surface area (Å²) in [5.74, 6) is 0.943. The van der Waals surface area contributed by atoms with Gasteiger partial charge in [-0.25, -0.2) is 0 Å². The van der Waals surface area contributed by atoms with E-state index in [1.54, 1.807) is 0 Å². The summed E-state index contributed by atoms with van der Waals surface area (Å²) in [7, 11) is 0. The summed E-state index contributed by atoms with van der Waals surface area (Å²) in [6.45, 7) is 5.61. The lowest BCUT2D eigenvalue weighted by molar-refractivity contribution is 0.00510. The minimum absolute atomic E-state index is 0.535. The van der Waals surface area contributed by atoms with Crippen molar-refractivity contribution in [2.24, 2.45) is 5.41 Å². The van der Waals surface area contributed by atoms with E-state index in [-0.39, 0.29) is 0 Å². The van der Waals surface area contributed by atoms with E-state index in [2.05, 4.69) is 26.5 Å². The Balaban J connectivity index is 2.11. The molecule has 0 radical (unpaired) electrons. The summed E-state index contributed by atoms with van der Waals surface area (Å²) in [6.07, 6.45) is 6.76. The summed E-state index contributed by atoms with van der Waals surface area (Å²) in [5, 5.41) is 0. The molecule has 0 saturated heterocycles. The van der Waals surface area contributed by atoms with E-state index in [1.807, 2.05) is 0 Å². The molecule has 0 unspecified atom stereocenters. The van der Waals surface area contributed by atoms with Gasteiger partial charge in [-0.2, -0.15) is 12.6 Å². The van der Waals surface area contributed by atoms with Crippen LogP contribution in [0.4, 0.5) is 0 Å². The molecule has 0 aromatic rings. The maximum atomic E-state index is 5.77. The van der Waals surface area contributed by atoms with E-state index in [4.69, 9.17) is 4.74 Å². The smallest absolute Gasteiger partial charge is 0.0575 e. The van der Waals surface area contributed by atoms with Crippen molar-refractivity contribution in [3.05, 3.63) is 0 Å². The Hall–Kier alpha value is 0.310. The van der Waals surface area contributed by atoms with Crippen LogP contribution in [0.5, 0.6) is 0 Å². The highest BCUT2D eigenvalue weighted by Crippen LogP contribution is 2.36. The first-order valence-corrected chi connectivity index (χ1v) is 6.00. The van der Waals surface area contributed by atoms with Gasteiger partial charge in [-0.1, -0.05) is 13.8 Å². The topological polar surface area (TPSA) is 9.23 Å². The summed E-state index contributed by atoms with van der Waals surface area (Å²) in [5.41, 5.74) is 0.559. The van der Waals surface area contributed by atoms with Gasteiger partial charge in [0.05, 0.1) is 6.10 Å². The first-order valence-electron chi connectivity index (χ1n) is 5.36. The van der Waals surface area contributed by atoms with E-state index in [0.717, 1.165) is 18.8 Å². The summed E-state index contributed by atoms with van der Waals surface area (Å²) >= 11 is 4.17. The van der Waals surface area contributed by atoms with Crippen molar-refractivity contribution >= 4 is 12.6 Å². The predicted octanol–water partition coefficient (Wildman–Crippen LogP) is 3.29. The van der Waals surface area contributed by atoms with Gasteiger partial charge in [-0.05, 0) is 43.3 Å². The van der Waals surface area contributed by atoms with E-state index in [1.165, 1.54) is 25.7 Å². The third-order valence-electron chi connectivity index (χ3n) is 2.94. The Morgan fingerprint density at radius 3 is 2.46 bits per heavy atom. The summed E-state index contributed by atoms with van der Waals surface area (Å²) in [6, 6.07) is 0. The molecule has 0 heterocycles. The molecule has 0 aromatic carbocycles. The second-order valence-corrected chi connectivity index (χ2v) is 5.26. The minimum atomic E-state index is 0.535. The molecule has 0 bridgehead atoms. The van der Waals surface area contributed by atoms with Crippen molar-refractivity contribution in [1.29, 1.82) is 0 Å². The Kier molecular flexibility index (Phi) is 4.60. The third kappa shape index (κ3) is 4.37. The average Bonchev–Trinajstić information content (AvgIpc) is 2.08. The highest BCUT2D eigenvalue weighted by Gasteiger charge is 2.26. The molecule has 0 aliphatic heterocycles. The maximum Gasteiger partial charge on any atom is 0.0575 e. The number of hydrogen-bond donors (Lipinski definition) is 1. The van der Waals surface area contributed by atoms with Crippen LogP contribution in [0.15, 0.2) is 0 Å². The van der Waals surface area contributed by atoms with Crippen LogP contribution in [0.1, 0.15) is 46.0 Å². The summed E-state index contributed by atoms with van der Waals surface area (Å²) in [4.78, 5) is 0. The van der Waals surface area contributed by atoms with Gasteiger partial charge in [0.1, 0.15) is 0 Å². The SMILES string of the molecule is CC1(C)CCC(OCCCS)CC1. The van der Waals surface area contributed by atoms with Gasteiger partial charge < -0.3 is 4.74 Å². The second kappa shape index (κ2) is 5.26. The van der Waals surface area contributed by atoms with Crippen LogP contribution in [0, 0.1) is 5.41 Å². The highest BCUT2D eigenvalue weighted by atomic mass is 32.1. The number of ether oxygens (including phenoxy) is 1. The van der Waals surface area contributed by atoms with Crippen LogP contribution in [0.3, 0.4) is 0 Å². The minimum Gasteiger partial charge on any atom is -0.378 e. The van der Waals surface area contributed by atoms with Crippen molar-refractivity contribution in [2.45, 2.75) is 52.1 Å². The van der Waals surface area contributed by atoms with Gasteiger partial charge in [0.15, 0.2) is 0 Å². The lowest BCUT2D eigenvalue weighted by Crippen LogP contribution is -2.26. The fraction of sp³-hybridized carbons (Fsp3) is 1.00. The molecule has 2 heteroatoms. The molecule has 0 N–H and O–H groups in total. The molecule has 1 saturated carbocycles. The van der Waals surface area contributed by atoms with E-state index in [0.29, 0.717) is 11.5 Å². The normalized spacial score (nSPS) is 23.3. The Bertz CT molecular complexity index is 135. The predicted molar refractivity (Wildman–Crippen MR) is 60.5 cm³/mol. The largest absolute Gasteiger partial charge is 0.378 e. The van der Waals surface area contributed by atoms with Crippen LogP contribution in [-0.4, -0.2) is 18.5 Å². The number of hydrogen-bond acceptors (Lipinski definition) is 2. The lowest BCUT2D eigenvalue weighted by Gasteiger charge is -2.34. The van der Waals surface area contributed by atoms with Crippen LogP contribution < -0.4 is 0 Å². The van der Waals surface area contributed by atoms with Crippen molar-refractivity contribution in [3.63, 3.8) is 0 Å². The Morgan fingerprint density at radius 1 is 1.31 bits per heavy atom. The Labute approximate surface area is 87.7 Å². The fourth-order valence-corrected chi connectivity index (χ4v) is 1.98. The summed E-state index contributed by atoms with van der Waals surface area (Å²) < 4.78 is 5.77. The van der Waals surface area contributed by atoms with Crippen LogP contribution >= 0.6 is 12.6 Å². The molecule has 1 nitrogen and oxygen atoms in total. The lowest BCUT2D eigenvalue weighted by atomic mass is 9.76. The van der Waals surface area contributed by atoms with E-state index >= 15 is 0 Å². The van der Waals surface area contributed by atoms with Crippen molar-refractivity contribution in [2.75, 3.05) is 12.4 Å². The van der Waals surface area contributed by atoms with Gasteiger partial charge >= 0.3 is 0 Å². The molecule has 1 rings (SSSR count). The molecule has 78 valence electrons. The quantitative estimate of drug-likeness (QED) is 0.543. The van der Waals surface area contributed by atoms with Crippen molar-refractivity contribution < 1.29 is 4.74 Å². The Morgan fingerprint density at radius 2 is 1.92 bits per heavy atom. The van der Waals surface area contributed by atoms with Gasteiger partial charge in [0.2, 0.25) is 0 Å². The maximum absolute atomic E-state index is 5.77. The molecule has 1 aliphatic rings. The molecule has 1 fully saturated rings. The van der Waals surface area contributed by atoms with Crippen molar-refractivity contribution in [1.82, 2.24) is 0 Å². The van der Waals surface area contributed by atoms with E-state index in [9.17, 15) is 0 Å². The molecule has 0 spiro atoms. The van der Waals surface area contributed by atoms with Gasteiger partial charge in [0.25, 0.3) is 0 Å². The monoisotopic (exact) mass is 202 g/mol. The standard InChI is InChI=1S/C11H22OS/c1-11(2)6-4-10(5-7-11)12-8-3-9-13/h10,13H,3-9H2,1-2H3. The van der Waals surface area contributed by atoms with Crippen LogP contribution in [-0.2, 0) is 4.74 Å². The molecular weight excluding hydrogens is 180 g/mol. The third-order valence-corrected chi connectivity index (χ3v) is 3.26. The fourth-order valence-electron chi connectivity index (χ4n) is 1.85. The zero-order chi connectivity index (χ0) is 9.73.